The van der Waals surface area contributed by atoms with Gasteiger partial charge in [-0.1, -0.05) is 18.2 Å². The Morgan fingerprint density at radius 1 is 1.14 bits per heavy atom. The third kappa shape index (κ3) is 2.88. The number of nitrogens with one attached hydrogen (secondary N) is 1. The van der Waals surface area contributed by atoms with Crippen LogP contribution in [0.1, 0.15) is 17.3 Å². The average molecular weight is 293 g/mol. The number of ether oxygens (including phenoxy) is 1. The smallest absolute Gasteiger partial charge is 0.255 e. The molecular formula is C17H15N3O2. The van der Waals surface area contributed by atoms with Crippen molar-refractivity contribution >= 4 is 22.5 Å². The first-order valence-electron chi connectivity index (χ1n) is 7.02. The maximum Gasteiger partial charge on any atom is 0.255 e. The first-order valence-corrected chi connectivity index (χ1v) is 7.02. The SMILES string of the molecule is CCOc1ncnc2ccc(NC(=O)c3ccccc3)cc12. The zero-order valence-electron chi connectivity index (χ0n) is 12.1. The van der Waals surface area contributed by atoms with E-state index >= 15 is 0 Å². The molecule has 0 bridgehead atoms. The second kappa shape index (κ2) is 6.22. The Labute approximate surface area is 128 Å². The number of carbonyl (C=O) groups excluding carboxylic acids is 1. The topological polar surface area (TPSA) is 64.1 Å². The molecule has 5 heteroatoms. The molecule has 0 atom stereocenters. The highest BCUT2D eigenvalue weighted by atomic mass is 16.5. The van der Waals surface area contributed by atoms with Crippen molar-refractivity contribution in [3.8, 4) is 5.88 Å². The minimum Gasteiger partial charge on any atom is -0.477 e. The highest BCUT2D eigenvalue weighted by Crippen LogP contribution is 2.25. The minimum absolute atomic E-state index is 0.158. The molecule has 3 aromatic rings. The number of anilines is 1. The van der Waals surface area contributed by atoms with E-state index in [-0.39, 0.29) is 5.91 Å². The molecule has 0 saturated carbocycles. The fraction of sp³-hybridized carbons (Fsp3) is 0.118. The normalized spacial score (nSPS) is 10.4. The molecule has 0 spiro atoms. The fourth-order valence-electron chi connectivity index (χ4n) is 2.16. The fourth-order valence-corrected chi connectivity index (χ4v) is 2.16. The number of benzene rings is 2. The Bertz CT molecular complexity index is 803. The van der Waals surface area contributed by atoms with E-state index in [1.54, 1.807) is 12.1 Å². The maximum absolute atomic E-state index is 12.2. The molecule has 0 saturated heterocycles. The Kier molecular flexibility index (Phi) is 3.96. The standard InChI is InChI=1S/C17H15N3O2/c1-2-22-17-14-10-13(8-9-15(14)18-11-19-17)20-16(21)12-6-4-3-5-7-12/h3-11H,2H2,1H3,(H,20,21). The van der Waals surface area contributed by atoms with Gasteiger partial charge in [0, 0.05) is 11.3 Å². The zero-order chi connectivity index (χ0) is 15.4. The molecule has 22 heavy (non-hydrogen) atoms. The third-order valence-corrected chi connectivity index (χ3v) is 3.17. The van der Waals surface area contributed by atoms with Crippen LogP contribution >= 0.6 is 0 Å². The highest BCUT2D eigenvalue weighted by molar-refractivity contribution is 6.05. The van der Waals surface area contributed by atoms with Gasteiger partial charge in [-0.2, -0.15) is 0 Å². The lowest BCUT2D eigenvalue weighted by molar-refractivity contribution is 0.102. The third-order valence-electron chi connectivity index (χ3n) is 3.17. The summed E-state index contributed by atoms with van der Waals surface area (Å²) in [4.78, 5) is 20.5. The van der Waals surface area contributed by atoms with E-state index in [0.29, 0.717) is 23.7 Å². The molecule has 2 aromatic carbocycles. The summed E-state index contributed by atoms with van der Waals surface area (Å²) in [5.41, 5.74) is 2.06. The van der Waals surface area contributed by atoms with Crippen molar-refractivity contribution in [3.05, 3.63) is 60.4 Å². The van der Waals surface area contributed by atoms with Crippen LogP contribution in [0.25, 0.3) is 10.9 Å². The molecule has 0 fully saturated rings. The lowest BCUT2D eigenvalue weighted by Crippen LogP contribution is -2.11. The van der Waals surface area contributed by atoms with Crippen molar-refractivity contribution in [2.45, 2.75) is 6.92 Å². The van der Waals surface area contributed by atoms with Crippen molar-refractivity contribution in [2.24, 2.45) is 0 Å². The van der Waals surface area contributed by atoms with Gasteiger partial charge in [0.25, 0.3) is 5.91 Å². The number of amides is 1. The van der Waals surface area contributed by atoms with Crippen LogP contribution < -0.4 is 10.1 Å². The van der Waals surface area contributed by atoms with Crippen LogP contribution in [0.15, 0.2) is 54.9 Å². The van der Waals surface area contributed by atoms with Crippen LogP contribution in [0, 0.1) is 0 Å². The second-order valence-electron chi connectivity index (χ2n) is 4.66. The van der Waals surface area contributed by atoms with Crippen molar-refractivity contribution < 1.29 is 9.53 Å². The number of hydrogen-bond acceptors (Lipinski definition) is 4. The molecule has 1 aromatic heterocycles. The Balaban J connectivity index is 1.91. The van der Waals surface area contributed by atoms with Gasteiger partial charge in [0.1, 0.15) is 6.33 Å². The van der Waals surface area contributed by atoms with Crippen LogP contribution in [0.5, 0.6) is 5.88 Å². The van der Waals surface area contributed by atoms with Crippen LogP contribution in [0.3, 0.4) is 0 Å². The van der Waals surface area contributed by atoms with Gasteiger partial charge < -0.3 is 10.1 Å². The highest BCUT2D eigenvalue weighted by Gasteiger charge is 2.09. The Morgan fingerprint density at radius 3 is 2.73 bits per heavy atom. The molecule has 0 aliphatic rings. The molecule has 1 heterocycles. The van der Waals surface area contributed by atoms with E-state index in [9.17, 15) is 4.79 Å². The lowest BCUT2D eigenvalue weighted by atomic mass is 10.2. The van der Waals surface area contributed by atoms with Gasteiger partial charge in [-0.15, -0.1) is 0 Å². The van der Waals surface area contributed by atoms with Crippen LogP contribution in [-0.4, -0.2) is 22.5 Å². The van der Waals surface area contributed by atoms with Gasteiger partial charge in [0.15, 0.2) is 0 Å². The van der Waals surface area contributed by atoms with Crippen LogP contribution in [0.2, 0.25) is 0 Å². The zero-order valence-corrected chi connectivity index (χ0v) is 12.1. The maximum atomic E-state index is 12.2. The molecule has 0 unspecified atom stereocenters. The van der Waals surface area contributed by atoms with Crippen LogP contribution in [0.4, 0.5) is 5.69 Å². The first-order chi connectivity index (χ1) is 10.8. The summed E-state index contributed by atoms with van der Waals surface area (Å²) in [5.74, 6) is 0.359. The molecule has 5 nitrogen and oxygen atoms in total. The van der Waals surface area contributed by atoms with Crippen LogP contribution in [-0.2, 0) is 0 Å². The quantitative estimate of drug-likeness (QED) is 0.801. The predicted molar refractivity (Wildman–Crippen MR) is 85.1 cm³/mol. The average Bonchev–Trinajstić information content (AvgIpc) is 2.56. The van der Waals surface area contributed by atoms with Gasteiger partial charge in [-0.25, -0.2) is 9.97 Å². The Morgan fingerprint density at radius 2 is 1.95 bits per heavy atom. The van der Waals surface area contributed by atoms with Crippen molar-refractivity contribution in [3.63, 3.8) is 0 Å². The monoisotopic (exact) mass is 293 g/mol. The van der Waals surface area contributed by atoms with Gasteiger partial charge >= 0.3 is 0 Å². The molecule has 0 aliphatic carbocycles. The summed E-state index contributed by atoms with van der Waals surface area (Å²) in [7, 11) is 0. The number of nitrogens with zero attached hydrogens (tertiary/aromatic N) is 2. The summed E-state index contributed by atoms with van der Waals surface area (Å²) in [6.45, 7) is 2.42. The summed E-state index contributed by atoms with van der Waals surface area (Å²) in [6, 6.07) is 14.5. The van der Waals surface area contributed by atoms with Crippen molar-refractivity contribution in [1.29, 1.82) is 0 Å². The van der Waals surface area contributed by atoms with E-state index in [4.69, 9.17) is 4.74 Å². The Hall–Kier alpha value is -2.95. The summed E-state index contributed by atoms with van der Waals surface area (Å²) >= 11 is 0. The largest absolute Gasteiger partial charge is 0.477 e. The second-order valence-corrected chi connectivity index (χ2v) is 4.66. The molecule has 3 rings (SSSR count). The number of fused-ring (bicyclic) bond motifs is 1. The molecular weight excluding hydrogens is 278 g/mol. The molecule has 1 amide bonds. The van der Waals surface area contributed by atoms with Crippen molar-refractivity contribution in [1.82, 2.24) is 9.97 Å². The summed E-state index contributed by atoms with van der Waals surface area (Å²) in [5, 5.41) is 3.64. The minimum atomic E-state index is -0.158. The van der Waals surface area contributed by atoms with E-state index < -0.39 is 0 Å². The number of carbonyl (C=O) groups is 1. The molecule has 0 radical (unpaired) electrons. The summed E-state index contributed by atoms with van der Waals surface area (Å²) in [6.07, 6.45) is 1.47. The van der Waals surface area contributed by atoms with E-state index in [2.05, 4.69) is 15.3 Å². The van der Waals surface area contributed by atoms with E-state index in [0.717, 1.165) is 10.9 Å². The predicted octanol–water partition coefficient (Wildman–Crippen LogP) is 3.28. The summed E-state index contributed by atoms with van der Waals surface area (Å²) < 4.78 is 5.50. The molecule has 110 valence electrons. The van der Waals surface area contributed by atoms with Crippen molar-refractivity contribution in [2.75, 3.05) is 11.9 Å². The molecule has 1 N–H and O–H groups in total. The molecule has 0 aliphatic heterocycles. The number of aromatic nitrogens is 2. The van der Waals surface area contributed by atoms with Gasteiger partial charge in [0.2, 0.25) is 5.88 Å². The number of rotatable bonds is 4. The van der Waals surface area contributed by atoms with E-state index in [1.807, 2.05) is 43.3 Å². The first kappa shape index (κ1) is 14.0. The van der Waals surface area contributed by atoms with Gasteiger partial charge in [-0.05, 0) is 37.3 Å². The van der Waals surface area contributed by atoms with Gasteiger partial charge in [0.05, 0.1) is 17.5 Å². The lowest BCUT2D eigenvalue weighted by Gasteiger charge is -2.09. The van der Waals surface area contributed by atoms with Gasteiger partial charge in [-0.3, -0.25) is 4.79 Å². The van der Waals surface area contributed by atoms with E-state index in [1.165, 1.54) is 6.33 Å². The number of hydrogen-bond donors (Lipinski definition) is 1.